The van der Waals surface area contributed by atoms with Gasteiger partial charge >= 0.3 is 11.9 Å². The summed E-state index contributed by atoms with van der Waals surface area (Å²) in [6, 6.07) is 5.59. The van der Waals surface area contributed by atoms with Crippen molar-refractivity contribution in [1.29, 1.82) is 0 Å². The van der Waals surface area contributed by atoms with E-state index in [2.05, 4.69) is 10.2 Å². The average molecular weight is 789 g/mol. The van der Waals surface area contributed by atoms with Gasteiger partial charge in [0.15, 0.2) is 11.4 Å². The van der Waals surface area contributed by atoms with Gasteiger partial charge in [-0.15, -0.1) is 0 Å². The van der Waals surface area contributed by atoms with Crippen LogP contribution in [0.15, 0.2) is 59.2 Å². The van der Waals surface area contributed by atoms with Gasteiger partial charge in [0.05, 0.1) is 43.4 Å². The molecule has 10 nitrogen and oxygen atoms in total. The highest BCUT2D eigenvalue weighted by Gasteiger charge is 2.38. The van der Waals surface area contributed by atoms with Gasteiger partial charge in [-0.2, -0.15) is 19.9 Å². The lowest BCUT2D eigenvalue weighted by Crippen LogP contribution is -2.25. The lowest BCUT2D eigenvalue weighted by molar-refractivity contribution is -0.140. The zero-order valence-electron chi connectivity index (χ0n) is 26.3. The Labute approximate surface area is 312 Å². The van der Waals surface area contributed by atoms with Gasteiger partial charge in [0, 0.05) is 10.0 Å². The van der Waals surface area contributed by atoms with Crippen molar-refractivity contribution in [2.45, 2.75) is 52.7 Å². The SMILES string of the molecule is CCC(C)OC(=O)C1=NN(c2c(Cl)cc(Cl)cc2Cl)C(=O)\C1=C/C=C/C=C/c1c(C(=O)OC(C)CC)nn(-c2c(Cl)cc(Cl)cc2Cl)c1O. The largest absolute Gasteiger partial charge is 0.493 e. The van der Waals surface area contributed by atoms with Crippen LogP contribution in [0.25, 0.3) is 11.8 Å². The minimum absolute atomic E-state index is 0.0118. The summed E-state index contributed by atoms with van der Waals surface area (Å²) in [5, 5.41) is 21.2. The van der Waals surface area contributed by atoms with Crippen molar-refractivity contribution in [1.82, 2.24) is 9.78 Å². The topological polar surface area (TPSA) is 123 Å². The third-order valence-electron chi connectivity index (χ3n) is 7.06. The molecule has 2 unspecified atom stereocenters. The maximum absolute atomic E-state index is 13.5. The molecule has 0 saturated carbocycles. The molecule has 4 rings (SSSR count). The van der Waals surface area contributed by atoms with Crippen molar-refractivity contribution in [3.05, 3.63) is 95.5 Å². The first-order valence-electron chi connectivity index (χ1n) is 14.7. The van der Waals surface area contributed by atoms with E-state index >= 15 is 0 Å². The van der Waals surface area contributed by atoms with Crippen molar-refractivity contribution >= 4 is 105 Å². The van der Waals surface area contributed by atoms with E-state index in [-0.39, 0.29) is 64.1 Å². The standard InChI is InChI=1S/C33H28Cl6N4O6/c1-5-16(3)48-32(46)26-20(30(44)42(40-26)28-22(36)12-18(34)13-23(28)37)10-8-7-9-11-21-27(33(47)49-17(4)6-2)41-43(31(21)45)29-24(38)14-19(35)15-25(29)39/h7-17,44H,5-6H2,1-4H3/b9-7+,10-8+,21-11-. The van der Waals surface area contributed by atoms with Gasteiger partial charge in [-0.3, -0.25) is 4.79 Å². The molecule has 1 aliphatic rings. The van der Waals surface area contributed by atoms with E-state index in [4.69, 9.17) is 79.1 Å². The number of rotatable bonds is 11. The number of anilines is 1. The van der Waals surface area contributed by atoms with Gasteiger partial charge in [-0.25, -0.2) is 9.59 Å². The number of amides is 1. The van der Waals surface area contributed by atoms with Gasteiger partial charge < -0.3 is 14.6 Å². The van der Waals surface area contributed by atoms with E-state index < -0.39 is 35.9 Å². The summed E-state index contributed by atoms with van der Waals surface area (Å²) >= 11 is 37.5. The summed E-state index contributed by atoms with van der Waals surface area (Å²) < 4.78 is 11.9. The molecule has 2 atom stereocenters. The number of carbonyl (C=O) groups is 3. The molecule has 1 N–H and O–H groups in total. The Morgan fingerprint density at radius 1 is 0.816 bits per heavy atom. The molecule has 0 spiro atoms. The number of aromatic hydroxyl groups is 1. The molecule has 2 aromatic carbocycles. The van der Waals surface area contributed by atoms with Crippen LogP contribution < -0.4 is 5.01 Å². The molecule has 0 bridgehead atoms. The van der Waals surface area contributed by atoms with E-state index in [0.29, 0.717) is 12.8 Å². The minimum Gasteiger partial charge on any atom is -0.493 e. The third kappa shape index (κ3) is 8.63. The molecule has 0 saturated heterocycles. The third-order valence-corrected chi connectivity index (χ3v) is 8.65. The molecule has 258 valence electrons. The number of hydrogen-bond acceptors (Lipinski definition) is 8. The summed E-state index contributed by atoms with van der Waals surface area (Å²) in [5.41, 5.74) is -0.494. The first kappa shape index (κ1) is 38.3. The second kappa shape index (κ2) is 16.5. The Balaban J connectivity index is 1.72. The monoisotopic (exact) mass is 786 g/mol. The highest BCUT2D eigenvalue weighted by Crippen LogP contribution is 2.40. The number of aromatic nitrogens is 2. The van der Waals surface area contributed by atoms with E-state index in [1.54, 1.807) is 13.8 Å². The number of carbonyl (C=O) groups excluding carboxylic acids is 3. The summed E-state index contributed by atoms with van der Waals surface area (Å²) in [5.74, 6) is -2.80. The number of hydrogen-bond donors (Lipinski definition) is 1. The van der Waals surface area contributed by atoms with E-state index in [9.17, 15) is 19.5 Å². The second-order valence-electron chi connectivity index (χ2n) is 10.6. The van der Waals surface area contributed by atoms with Crippen LogP contribution in [0.4, 0.5) is 5.69 Å². The summed E-state index contributed by atoms with van der Waals surface area (Å²) in [7, 11) is 0. The lowest BCUT2D eigenvalue weighted by Gasteiger charge is -2.15. The Kier molecular flexibility index (Phi) is 12.9. The first-order chi connectivity index (χ1) is 23.2. The van der Waals surface area contributed by atoms with Crippen molar-refractivity contribution in [2.24, 2.45) is 5.10 Å². The zero-order valence-corrected chi connectivity index (χ0v) is 30.8. The van der Waals surface area contributed by atoms with Crippen LogP contribution in [-0.4, -0.2) is 50.7 Å². The Morgan fingerprint density at radius 3 is 1.86 bits per heavy atom. The Morgan fingerprint density at radius 2 is 1.33 bits per heavy atom. The van der Waals surface area contributed by atoms with Crippen molar-refractivity contribution in [2.75, 3.05) is 5.01 Å². The van der Waals surface area contributed by atoms with Crippen LogP contribution >= 0.6 is 69.6 Å². The molecule has 0 fully saturated rings. The van der Waals surface area contributed by atoms with Crippen LogP contribution in [0, 0.1) is 0 Å². The van der Waals surface area contributed by atoms with Gasteiger partial charge in [0.25, 0.3) is 5.91 Å². The number of esters is 2. The quantitative estimate of drug-likeness (QED) is 0.117. The van der Waals surface area contributed by atoms with Crippen LogP contribution in [0.2, 0.25) is 30.1 Å². The fourth-order valence-electron chi connectivity index (χ4n) is 4.23. The molecular weight excluding hydrogens is 761 g/mol. The lowest BCUT2D eigenvalue weighted by atomic mass is 10.1. The van der Waals surface area contributed by atoms with Gasteiger partial charge in [-0.1, -0.05) is 102 Å². The normalized spacial score (nSPS) is 15.4. The van der Waals surface area contributed by atoms with Crippen molar-refractivity contribution in [3.63, 3.8) is 0 Å². The van der Waals surface area contributed by atoms with Gasteiger partial charge in [0.1, 0.15) is 11.4 Å². The average Bonchev–Trinajstić information content (AvgIpc) is 3.52. The van der Waals surface area contributed by atoms with Crippen molar-refractivity contribution in [3.8, 4) is 11.6 Å². The van der Waals surface area contributed by atoms with Crippen LogP contribution in [0.3, 0.4) is 0 Å². The summed E-state index contributed by atoms with van der Waals surface area (Å²) in [6.45, 7) is 7.09. The maximum Gasteiger partial charge on any atom is 0.359 e. The molecule has 1 amide bonds. The summed E-state index contributed by atoms with van der Waals surface area (Å²) in [4.78, 5) is 39.7. The predicted octanol–water partition coefficient (Wildman–Crippen LogP) is 9.69. The number of halogens is 6. The fraction of sp³-hybridized carbons (Fsp3) is 0.242. The van der Waals surface area contributed by atoms with Gasteiger partial charge in [-0.05, 0) is 63.1 Å². The number of hydrazone groups is 1. The van der Waals surface area contributed by atoms with E-state index in [1.165, 1.54) is 54.6 Å². The van der Waals surface area contributed by atoms with E-state index in [1.807, 2.05) is 13.8 Å². The maximum atomic E-state index is 13.5. The number of ether oxygens (including phenoxy) is 2. The molecule has 1 aromatic heterocycles. The molecule has 2 heterocycles. The molecule has 0 radical (unpaired) electrons. The van der Waals surface area contributed by atoms with Crippen molar-refractivity contribution < 1.29 is 29.0 Å². The smallest absolute Gasteiger partial charge is 0.359 e. The van der Waals surface area contributed by atoms with E-state index in [0.717, 1.165) is 9.69 Å². The number of benzene rings is 2. The number of allylic oxidation sites excluding steroid dienone is 4. The molecule has 3 aromatic rings. The Hall–Kier alpha value is -3.51. The van der Waals surface area contributed by atoms with Crippen LogP contribution in [0.5, 0.6) is 5.88 Å². The molecular formula is C33H28Cl6N4O6. The first-order valence-corrected chi connectivity index (χ1v) is 17.0. The predicted molar refractivity (Wildman–Crippen MR) is 194 cm³/mol. The molecule has 49 heavy (non-hydrogen) atoms. The second-order valence-corrected chi connectivity index (χ2v) is 13.1. The van der Waals surface area contributed by atoms with Crippen LogP contribution in [0.1, 0.15) is 56.6 Å². The fourth-order valence-corrected chi connectivity index (χ4v) is 6.19. The Bertz CT molecular complexity index is 1890. The zero-order chi connectivity index (χ0) is 36.2. The van der Waals surface area contributed by atoms with Crippen LogP contribution in [-0.2, 0) is 19.1 Å². The summed E-state index contributed by atoms with van der Waals surface area (Å²) in [6.07, 6.45) is 7.30. The molecule has 0 aliphatic carbocycles. The highest BCUT2D eigenvalue weighted by atomic mass is 35.5. The number of nitrogens with zero attached hydrogens (tertiary/aromatic N) is 4. The molecule has 1 aliphatic heterocycles. The van der Waals surface area contributed by atoms with Gasteiger partial charge in [0.2, 0.25) is 5.88 Å². The minimum atomic E-state index is -0.831. The highest BCUT2D eigenvalue weighted by molar-refractivity contribution is 6.54. The molecule has 16 heteroatoms.